The molecular formula is C89H152O17P2. The Labute approximate surface area is 656 Å². The van der Waals surface area contributed by atoms with Crippen LogP contribution >= 0.6 is 15.6 Å². The smallest absolute Gasteiger partial charge is 0.462 e. The number of carbonyl (C=O) groups is 4. The van der Waals surface area contributed by atoms with E-state index in [1.165, 1.54) is 109 Å². The number of esters is 4. The Kier molecular flexibility index (Phi) is 76.7. The highest BCUT2D eigenvalue weighted by molar-refractivity contribution is 7.47. The molecule has 620 valence electrons. The number of phosphoric acid groups is 2. The fraction of sp³-hybridized carbons (Fsp3) is 0.708. The third-order valence-corrected chi connectivity index (χ3v) is 19.5. The molecule has 108 heavy (non-hydrogen) atoms. The van der Waals surface area contributed by atoms with Gasteiger partial charge in [0, 0.05) is 25.7 Å². The monoisotopic (exact) mass is 1560 g/mol. The lowest BCUT2D eigenvalue weighted by molar-refractivity contribution is -0.161. The normalized spacial score (nSPS) is 14.5. The molecule has 0 aromatic rings. The van der Waals surface area contributed by atoms with Crippen LogP contribution in [0.4, 0.5) is 0 Å². The Balaban J connectivity index is 5.44. The summed E-state index contributed by atoms with van der Waals surface area (Å²) in [7, 11) is -9.99. The number of ether oxygens (including phenoxy) is 4. The van der Waals surface area contributed by atoms with Crippen LogP contribution in [-0.2, 0) is 65.4 Å². The van der Waals surface area contributed by atoms with Gasteiger partial charge < -0.3 is 33.8 Å². The number of phosphoric ester groups is 2. The third kappa shape index (κ3) is 79.3. The summed E-state index contributed by atoms with van der Waals surface area (Å²) in [6, 6.07) is 0. The van der Waals surface area contributed by atoms with Gasteiger partial charge in [-0.25, -0.2) is 9.13 Å². The maximum Gasteiger partial charge on any atom is 0.472 e. The molecule has 0 radical (unpaired) electrons. The Morgan fingerprint density at radius 1 is 0.269 bits per heavy atom. The van der Waals surface area contributed by atoms with Gasteiger partial charge in [-0.2, -0.15) is 0 Å². The van der Waals surface area contributed by atoms with Crippen LogP contribution in [0.3, 0.4) is 0 Å². The van der Waals surface area contributed by atoms with Gasteiger partial charge in [0.25, 0.3) is 0 Å². The van der Waals surface area contributed by atoms with Crippen LogP contribution < -0.4 is 0 Å². The summed E-state index contributed by atoms with van der Waals surface area (Å²) in [5.41, 5.74) is 0. The first-order valence-electron chi connectivity index (χ1n) is 42.4. The fourth-order valence-electron chi connectivity index (χ4n) is 11.2. The van der Waals surface area contributed by atoms with Crippen molar-refractivity contribution in [3.05, 3.63) is 134 Å². The second-order valence-corrected chi connectivity index (χ2v) is 30.9. The zero-order chi connectivity index (χ0) is 78.9. The molecule has 0 aliphatic rings. The minimum absolute atomic E-state index is 0.0522. The SMILES string of the molecule is CC/C=C\C/C=C\C/C=C\C/C=C\C/C=C\CCCCCC(=O)O[C@H](COC(=O)CCCCCCCCC/C=C\CCCCCC)COP(=O)(O)OC[C@@H](O)COP(=O)(O)OC[C@@H](COC(=O)CCCCCCCCCCCCCCCCC)OC(=O)CCCCC/C=C\C/C=C\C/C=C\C/C=C\C/C=C\CC. The van der Waals surface area contributed by atoms with E-state index in [0.29, 0.717) is 25.7 Å². The molecule has 19 heteroatoms. The molecular weight excluding hydrogens is 1400 g/mol. The first-order valence-corrected chi connectivity index (χ1v) is 45.4. The highest BCUT2D eigenvalue weighted by atomic mass is 31.2. The number of hydrogen-bond acceptors (Lipinski definition) is 15. The fourth-order valence-corrected chi connectivity index (χ4v) is 12.8. The van der Waals surface area contributed by atoms with Crippen molar-refractivity contribution in [3.8, 4) is 0 Å². The molecule has 3 N–H and O–H groups in total. The lowest BCUT2D eigenvalue weighted by Crippen LogP contribution is -2.30. The van der Waals surface area contributed by atoms with Gasteiger partial charge in [-0.15, -0.1) is 0 Å². The van der Waals surface area contributed by atoms with E-state index in [9.17, 15) is 43.2 Å². The summed E-state index contributed by atoms with van der Waals surface area (Å²) < 4.78 is 68.8. The largest absolute Gasteiger partial charge is 0.472 e. The second-order valence-electron chi connectivity index (χ2n) is 28.0. The quantitative estimate of drug-likeness (QED) is 0.0169. The van der Waals surface area contributed by atoms with Gasteiger partial charge in [0.05, 0.1) is 26.4 Å². The Morgan fingerprint density at radius 2 is 0.481 bits per heavy atom. The van der Waals surface area contributed by atoms with Crippen molar-refractivity contribution in [2.75, 3.05) is 39.6 Å². The first-order chi connectivity index (χ1) is 52.7. The molecule has 0 rings (SSSR count). The summed E-state index contributed by atoms with van der Waals surface area (Å²) in [6.07, 6.45) is 91.3. The number of carbonyl (C=O) groups excluding carboxylic acids is 4. The highest BCUT2D eigenvalue weighted by Gasteiger charge is 2.30. The van der Waals surface area contributed by atoms with Gasteiger partial charge in [-0.05, 0) is 141 Å². The molecule has 0 saturated heterocycles. The van der Waals surface area contributed by atoms with Crippen molar-refractivity contribution in [2.24, 2.45) is 0 Å². The van der Waals surface area contributed by atoms with Gasteiger partial charge in [-0.3, -0.25) is 37.3 Å². The average molecular weight is 1560 g/mol. The maximum absolute atomic E-state index is 13.1. The minimum Gasteiger partial charge on any atom is -0.462 e. The molecule has 0 aromatic carbocycles. The number of unbranched alkanes of at least 4 members (excludes halogenated alkanes) is 31. The molecule has 0 saturated carbocycles. The zero-order valence-corrected chi connectivity index (χ0v) is 69.8. The summed E-state index contributed by atoms with van der Waals surface area (Å²) in [5, 5.41) is 10.7. The van der Waals surface area contributed by atoms with Crippen LogP contribution in [0.25, 0.3) is 0 Å². The lowest BCUT2D eigenvalue weighted by Gasteiger charge is -2.21. The zero-order valence-electron chi connectivity index (χ0n) is 68.0. The topological polar surface area (TPSA) is 237 Å². The van der Waals surface area contributed by atoms with E-state index < -0.39 is 97.5 Å². The van der Waals surface area contributed by atoms with Gasteiger partial charge in [0.2, 0.25) is 0 Å². The summed E-state index contributed by atoms with van der Waals surface area (Å²) in [6.45, 7) is 4.60. The van der Waals surface area contributed by atoms with E-state index in [1.807, 2.05) is 0 Å². The van der Waals surface area contributed by atoms with E-state index in [1.54, 1.807) is 0 Å². The number of allylic oxidation sites excluding steroid dienone is 22. The Hall–Kier alpha value is -4.80. The van der Waals surface area contributed by atoms with Crippen LogP contribution in [0, 0.1) is 0 Å². The van der Waals surface area contributed by atoms with E-state index in [0.717, 1.165) is 161 Å². The van der Waals surface area contributed by atoms with E-state index in [4.69, 9.17) is 37.0 Å². The Bertz CT molecular complexity index is 2560. The highest BCUT2D eigenvalue weighted by Crippen LogP contribution is 2.45. The van der Waals surface area contributed by atoms with Gasteiger partial charge in [-0.1, -0.05) is 315 Å². The number of aliphatic hydroxyl groups is 1. The number of hydrogen-bond donors (Lipinski definition) is 3. The van der Waals surface area contributed by atoms with Gasteiger partial charge in [0.15, 0.2) is 12.2 Å². The third-order valence-electron chi connectivity index (χ3n) is 17.6. The minimum atomic E-state index is -5.00. The summed E-state index contributed by atoms with van der Waals surface area (Å²) >= 11 is 0. The predicted octanol–water partition coefficient (Wildman–Crippen LogP) is 25.2. The molecule has 0 amide bonds. The van der Waals surface area contributed by atoms with Crippen molar-refractivity contribution in [3.63, 3.8) is 0 Å². The molecule has 0 spiro atoms. The molecule has 5 atom stereocenters. The van der Waals surface area contributed by atoms with Crippen molar-refractivity contribution >= 4 is 39.5 Å². The standard InChI is InChI=1S/C89H152O17P2/c1-5-9-13-17-21-25-29-33-37-39-41-43-47-51-55-59-63-67-71-75-88(93)105-84(79-99-86(91)73-69-65-61-57-53-49-45-35-31-27-23-19-15-11-7-3)81-103-107(95,96)101-77-83(90)78-102-108(97,98)104-82-85(80-100-87(92)74-70-66-62-58-54-50-46-36-32-28-24-20-16-12-8-4)106-89(94)76-72-68-64-60-56-52-48-44-42-40-38-34-30-26-22-18-14-10-6-2/h9-10,13-14,21-22,25-27,31,33-34,37-38,41-44,51-52,55-56,83-85,90H,5-8,11-12,15-20,23-24,28-30,32,35-36,39-40,45-50,53-54,57-82H2,1-4H3,(H,95,96)(H,97,98)/b13-9-,14-10-,25-21-,26-22-,31-27-,37-33-,38-34-,43-41-,44-42-,55-51-,56-52-/t83-,84-,85-/m1/s1. The molecule has 0 fully saturated rings. The summed E-state index contributed by atoms with van der Waals surface area (Å²) in [5.74, 6) is -2.24. The number of rotatable bonds is 79. The van der Waals surface area contributed by atoms with Crippen LogP contribution in [0.15, 0.2) is 134 Å². The van der Waals surface area contributed by atoms with E-state index >= 15 is 0 Å². The van der Waals surface area contributed by atoms with Crippen molar-refractivity contribution < 1.29 is 80.2 Å². The van der Waals surface area contributed by atoms with Crippen LogP contribution in [0.5, 0.6) is 0 Å². The molecule has 0 heterocycles. The Morgan fingerprint density at radius 3 is 0.769 bits per heavy atom. The van der Waals surface area contributed by atoms with Crippen molar-refractivity contribution in [1.29, 1.82) is 0 Å². The molecule has 0 aliphatic heterocycles. The molecule has 0 aliphatic carbocycles. The van der Waals surface area contributed by atoms with Crippen LogP contribution in [0.2, 0.25) is 0 Å². The second kappa shape index (κ2) is 80.3. The number of aliphatic hydroxyl groups excluding tert-OH is 1. The van der Waals surface area contributed by atoms with Crippen molar-refractivity contribution in [2.45, 2.75) is 367 Å². The van der Waals surface area contributed by atoms with Crippen molar-refractivity contribution in [1.82, 2.24) is 0 Å². The van der Waals surface area contributed by atoms with Gasteiger partial charge >= 0.3 is 39.5 Å². The molecule has 0 bridgehead atoms. The van der Waals surface area contributed by atoms with Gasteiger partial charge in [0.1, 0.15) is 19.3 Å². The average Bonchev–Trinajstić information content (AvgIpc) is 0.907. The maximum atomic E-state index is 13.1. The predicted molar refractivity (Wildman–Crippen MR) is 445 cm³/mol. The van der Waals surface area contributed by atoms with Crippen LogP contribution in [0.1, 0.15) is 349 Å². The summed E-state index contributed by atoms with van der Waals surface area (Å²) in [4.78, 5) is 73.2. The molecule has 0 aromatic heterocycles. The molecule has 17 nitrogen and oxygen atoms in total. The lowest BCUT2D eigenvalue weighted by atomic mass is 10.0. The first kappa shape index (κ1) is 103. The van der Waals surface area contributed by atoms with E-state index in [2.05, 4.69) is 161 Å². The van der Waals surface area contributed by atoms with Crippen LogP contribution in [-0.4, -0.2) is 96.7 Å². The molecule has 2 unspecified atom stereocenters. The van der Waals surface area contributed by atoms with E-state index in [-0.39, 0.29) is 25.7 Å².